The van der Waals surface area contributed by atoms with Crippen LogP contribution in [-0.2, 0) is 0 Å². The fourth-order valence-electron chi connectivity index (χ4n) is 1.67. The summed E-state index contributed by atoms with van der Waals surface area (Å²) in [5.74, 6) is 0.916. The predicted octanol–water partition coefficient (Wildman–Crippen LogP) is 0.105. The highest BCUT2D eigenvalue weighted by Gasteiger charge is 2.24. The zero-order chi connectivity index (χ0) is 9.54. The van der Waals surface area contributed by atoms with Crippen LogP contribution in [0, 0.1) is 0 Å². The molecule has 0 radical (unpaired) electrons. The summed E-state index contributed by atoms with van der Waals surface area (Å²) in [6, 6.07) is 2.21. The summed E-state index contributed by atoms with van der Waals surface area (Å²) in [5, 5.41) is 0. The Kier molecular flexibility index (Phi) is 1.49. The second-order valence-corrected chi connectivity index (χ2v) is 3.60. The summed E-state index contributed by atoms with van der Waals surface area (Å²) in [4.78, 5) is 13.9. The summed E-state index contributed by atoms with van der Waals surface area (Å²) in [6.45, 7) is 1.76. The number of aromatic amines is 1. The molecule has 72 valence electrons. The van der Waals surface area contributed by atoms with Gasteiger partial charge in [0.05, 0.1) is 6.20 Å². The Hall–Kier alpha value is -1.62. The predicted molar refractivity (Wildman–Crippen MR) is 54.1 cm³/mol. The van der Waals surface area contributed by atoms with Gasteiger partial charge >= 0.3 is 0 Å². The van der Waals surface area contributed by atoms with E-state index in [-0.39, 0.29) is 0 Å². The minimum atomic E-state index is 0.290. The van der Waals surface area contributed by atoms with Gasteiger partial charge in [0.2, 0.25) is 0 Å². The number of nitrogens with one attached hydrogen (secondary N) is 1. The van der Waals surface area contributed by atoms with Crippen LogP contribution in [0.4, 0.5) is 5.82 Å². The lowest BCUT2D eigenvalue weighted by Crippen LogP contribution is -2.56. The van der Waals surface area contributed by atoms with Gasteiger partial charge in [0.1, 0.15) is 11.3 Å². The van der Waals surface area contributed by atoms with E-state index in [4.69, 9.17) is 5.73 Å². The third-order valence-electron chi connectivity index (χ3n) is 2.48. The van der Waals surface area contributed by atoms with Gasteiger partial charge in [-0.3, -0.25) is 0 Å². The maximum absolute atomic E-state index is 5.70. The first kappa shape index (κ1) is 7.75. The van der Waals surface area contributed by atoms with Crippen LogP contribution in [-0.4, -0.2) is 34.1 Å². The SMILES string of the molecule is NC1CN(c2cnc3[nH]ccc3n2)C1. The molecular weight excluding hydrogens is 178 g/mol. The van der Waals surface area contributed by atoms with E-state index in [0.29, 0.717) is 6.04 Å². The zero-order valence-electron chi connectivity index (χ0n) is 7.64. The van der Waals surface area contributed by atoms with Crippen molar-refractivity contribution in [3.8, 4) is 0 Å². The van der Waals surface area contributed by atoms with Crippen LogP contribution < -0.4 is 10.6 Å². The number of rotatable bonds is 1. The number of fused-ring (bicyclic) bond motifs is 1. The second-order valence-electron chi connectivity index (χ2n) is 3.60. The normalized spacial score (nSPS) is 17.4. The van der Waals surface area contributed by atoms with Crippen LogP contribution in [0.5, 0.6) is 0 Å². The first-order valence-corrected chi connectivity index (χ1v) is 4.63. The Morgan fingerprint density at radius 3 is 3.14 bits per heavy atom. The molecule has 2 aromatic heterocycles. The van der Waals surface area contributed by atoms with Gasteiger partial charge in [-0.25, -0.2) is 9.97 Å². The molecule has 1 aliphatic heterocycles. The van der Waals surface area contributed by atoms with E-state index in [1.165, 1.54) is 0 Å². The third kappa shape index (κ3) is 1.06. The van der Waals surface area contributed by atoms with Crippen LogP contribution in [0.2, 0.25) is 0 Å². The molecule has 1 saturated heterocycles. The largest absolute Gasteiger partial charge is 0.352 e. The van der Waals surface area contributed by atoms with E-state index in [1.54, 1.807) is 6.20 Å². The first-order chi connectivity index (χ1) is 6.83. The number of hydrogen-bond donors (Lipinski definition) is 2. The third-order valence-corrected chi connectivity index (χ3v) is 2.48. The molecule has 3 heterocycles. The van der Waals surface area contributed by atoms with Gasteiger partial charge in [-0.2, -0.15) is 0 Å². The summed E-state index contributed by atoms with van der Waals surface area (Å²) < 4.78 is 0. The average molecular weight is 189 g/mol. The standard InChI is InChI=1S/C9H11N5/c10-6-4-14(5-6)8-3-12-9-7(13-8)1-2-11-9/h1-3,6H,4-5,10H2,(H,11,12). The van der Waals surface area contributed by atoms with Crippen LogP contribution >= 0.6 is 0 Å². The quantitative estimate of drug-likeness (QED) is 0.667. The molecule has 5 heteroatoms. The van der Waals surface area contributed by atoms with Gasteiger partial charge in [-0.05, 0) is 6.07 Å². The van der Waals surface area contributed by atoms with Gasteiger partial charge < -0.3 is 15.6 Å². The molecule has 0 bridgehead atoms. The van der Waals surface area contributed by atoms with Crippen LogP contribution in [0.15, 0.2) is 18.5 Å². The highest BCUT2D eigenvalue weighted by Crippen LogP contribution is 2.18. The molecule has 0 saturated carbocycles. The van der Waals surface area contributed by atoms with Crippen molar-refractivity contribution in [2.75, 3.05) is 18.0 Å². The van der Waals surface area contributed by atoms with Crippen LogP contribution in [0.3, 0.4) is 0 Å². The molecule has 1 fully saturated rings. The van der Waals surface area contributed by atoms with Crippen molar-refractivity contribution in [1.29, 1.82) is 0 Å². The molecule has 0 atom stereocenters. The van der Waals surface area contributed by atoms with Crippen molar-refractivity contribution in [3.05, 3.63) is 18.5 Å². The van der Waals surface area contributed by atoms with Gasteiger partial charge in [-0.15, -0.1) is 0 Å². The summed E-state index contributed by atoms with van der Waals surface area (Å²) in [7, 11) is 0. The minimum Gasteiger partial charge on any atom is -0.352 e. The molecule has 1 aliphatic rings. The molecule has 0 amide bonds. The number of aromatic nitrogens is 3. The highest BCUT2D eigenvalue weighted by atomic mass is 15.3. The molecule has 3 N–H and O–H groups in total. The van der Waals surface area contributed by atoms with Crippen molar-refractivity contribution < 1.29 is 0 Å². The van der Waals surface area contributed by atoms with Gasteiger partial charge in [0.25, 0.3) is 0 Å². The van der Waals surface area contributed by atoms with Gasteiger partial charge in [-0.1, -0.05) is 0 Å². The van der Waals surface area contributed by atoms with Gasteiger partial charge in [0, 0.05) is 25.3 Å². The lowest BCUT2D eigenvalue weighted by atomic mass is 10.1. The lowest BCUT2D eigenvalue weighted by molar-refractivity contribution is 0.514. The molecule has 0 unspecified atom stereocenters. The fourth-order valence-corrected chi connectivity index (χ4v) is 1.67. The number of anilines is 1. The van der Waals surface area contributed by atoms with Crippen LogP contribution in [0.1, 0.15) is 0 Å². The zero-order valence-corrected chi connectivity index (χ0v) is 7.64. The van der Waals surface area contributed by atoms with Gasteiger partial charge in [0.15, 0.2) is 5.65 Å². The molecular formula is C9H11N5. The lowest BCUT2D eigenvalue weighted by Gasteiger charge is -2.37. The van der Waals surface area contributed by atoms with E-state index in [0.717, 1.165) is 30.1 Å². The number of hydrogen-bond acceptors (Lipinski definition) is 4. The van der Waals surface area contributed by atoms with Crippen molar-refractivity contribution in [1.82, 2.24) is 15.0 Å². The topological polar surface area (TPSA) is 70.8 Å². The molecule has 2 aromatic rings. The number of nitrogens with zero attached hydrogens (tertiary/aromatic N) is 3. The van der Waals surface area contributed by atoms with Crippen molar-refractivity contribution in [2.45, 2.75) is 6.04 Å². The minimum absolute atomic E-state index is 0.290. The van der Waals surface area contributed by atoms with Crippen molar-refractivity contribution >= 4 is 17.0 Å². The molecule has 5 nitrogen and oxygen atoms in total. The Labute approximate surface area is 81.0 Å². The van der Waals surface area contributed by atoms with E-state index in [2.05, 4.69) is 19.9 Å². The Balaban J connectivity index is 1.97. The number of H-pyrrole nitrogens is 1. The maximum atomic E-state index is 5.70. The summed E-state index contributed by atoms with van der Waals surface area (Å²) >= 11 is 0. The fraction of sp³-hybridized carbons (Fsp3) is 0.333. The molecule has 14 heavy (non-hydrogen) atoms. The Morgan fingerprint density at radius 2 is 2.36 bits per heavy atom. The monoisotopic (exact) mass is 189 g/mol. The highest BCUT2D eigenvalue weighted by molar-refractivity contribution is 5.72. The maximum Gasteiger partial charge on any atom is 0.156 e. The number of nitrogens with two attached hydrogens (primary N) is 1. The van der Waals surface area contributed by atoms with Crippen molar-refractivity contribution in [2.24, 2.45) is 5.73 Å². The smallest absolute Gasteiger partial charge is 0.156 e. The van der Waals surface area contributed by atoms with Crippen molar-refractivity contribution in [3.63, 3.8) is 0 Å². The van der Waals surface area contributed by atoms with E-state index < -0.39 is 0 Å². The van der Waals surface area contributed by atoms with E-state index >= 15 is 0 Å². The Morgan fingerprint density at radius 1 is 1.50 bits per heavy atom. The van der Waals surface area contributed by atoms with E-state index in [9.17, 15) is 0 Å². The summed E-state index contributed by atoms with van der Waals surface area (Å²) in [6.07, 6.45) is 3.63. The van der Waals surface area contributed by atoms with Crippen LogP contribution in [0.25, 0.3) is 11.2 Å². The average Bonchev–Trinajstić information content (AvgIpc) is 2.59. The molecule has 0 spiro atoms. The molecule has 0 aliphatic carbocycles. The summed E-state index contributed by atoms with van der Waals surface area (Å²) in [5.41, 5.74) is 7.44. The second kappa shape index (κ2) is 2.68. The van der Waals surface area contributed by atoms with E-state index in [1.807, 2.05) is 12.3 Å². The first-order valence-electron chi connectivity index (χ1n) is 4.63. The molecule has 0 aromatic carbocycles. The molecule has 3 rings (SSSR count). The Bertz CT molecular complexity index is 457.